The lowest BCUT2D eigenvalue weighted by molar-refractivity contribution is 0.488. The van der Waals surface area contributed by atoms with Crippen LogP contribution in [0.3, 0.4) is 0 Å². The minimum absolute atomic E-state index is 0.106. The van der Waals surface area contributed by atoms with Crippen molar-refractivity contribution in [1.82, 2.24) is 9.13 Å². The molecule has 0 N–H and O–H groups in total. The number of ether oxygens (including phenoxy) is 1. The molecule has 2 aliphatic rings. The monoisotopic (exact) mass is 1570 g/mol. The quantitative estimate of drug-likeness (QED) is 0.121. The SMILES string of the molecule is CC(C)(C)c1cccc(-n2c3ccccc3c3c(-c4cc(C(C)(C)C)cc(-c5cccc6oc7ccccc7c56)c4N4c5cc(-n6c7ccc(C#N)cc7c7cc(C(C)(C)C)ccc76)ccc5B5c6cc(-c7cc(-c8ccccc8)cc(-c8ccccc8)c7)ccc6Oc6cc(-c7cc(-c8ccccc8)cc(-c8ccccc8)c7)cc4c65)cccc32)c1. The van der Waals surface area contributed by atoms with E-state index in [1.54, 1.807) is 0 Å². The maximum Gasteiger partial charge on any atom is 0.256 e. The largest absolute Gasteiger partial charge is 0.458 e. The fourth-order valence-corrected chi connectivity index (χ4v) is 19.4. The number of benzene rings is 17. The molecule has 122 heavy (non-hydrogen) atoms. The number of nitriles is 1. The Labute approximate surface area is 712 Å². The highest BCUT2D eigenvalue weighted by atomic mass is 16.5. The van der Waals surface area contributed by atoms with Crippen LogP contribution < -0.4 is 26.0 Å². The molecule has 0 aliphatic carbocycles. The van der Waals surface area contributed by atoms with Gasteiger partial charge in [0.1, 0.15) is 22.7 Å². The number of anilines is 3. The van der Waals surface area contributed by atoms with Crippen molar-refractivity contribution in [3.8, 4) is 118 Å². The minimum Gasteiger partial charge on any atom is -0.458 e. The van der Waals surface area contributed by atoms with Gasteiger partial charge in [-0.05, 0) is 273 Å². The van der Waals surface area contributed by atoms with Crippen molar-refractivity contribution in [2.24, 2.45) is 0 Å². The highest BCUT2D eigenvalue weighted by Crippen LogP contribution is 2.56. The average molecular weight is 1570 g/mol. The molecule has 20 aromatic rings. The van der Waals surface area contributed by atoms with E-state index < -0.39 is 6.71 Å². The molecule has 0 fully saturated rings. The second-order valence-electron chi connectivity index (χ2n) is 36.3. The lowest BCUT2D eigenvalue weighted by Gasteiger charge is -2.42. The van der Waals surface area contributed by atoms with Crippen molar-refractivity contribution in [3.05, 3.63) is 386 Å². The highest BCUT2D eigenvalue weighted by molar-refractivity contribution is 6.99. The molecule has 0 spiro atoms. The highest BCUT2D eigenvalue weighted by Gasteiger charge is 2.45. The van der Waals surface area contributed by atoms with E-state index in [-0.39, 0.29) is 16.2 Å². The van der Waals surface area contributed by atoms with Gasteiger partial charge in [0.15, 0.2) is 0 Å². The number of para-hydroxylation sites is 2. The third-order valence-electron chi connectivity index (χ3n) is 25.6. The Hall–Kier alpha value is -14.7. The third kappa shape index (κ3) is 12.3. The smallest absolute Gasteiger partial charge is 0.256 e. The summed E-state index contributed by atoms with van der Waals surface area (Å²) in [5.41, 5.74) is 35.2. The van der Waals surface area contributed by atoms with Gasteiger partial charge in [0, 0.05) is 66.2 Å². The molecule has 0 saturated carbocycles. The van der Waals surface area contributed by atoms with E-state index >= 15 is 0 Å². The van der Waals surface area contributed by atoms with Crippen molar-refractivity contribution in [2.45, 2.75) is 78.6 Å². The molecular formula is C115H87BN4O2. The van der Waals surface area contributed by atoms with Crippen LogP contribution in [-0.4, -0.2) is 15.8 Å². The lowest BCUT2D eigenvalue weighted by atomic mass is 9.34. The summed E-state index contributed by atoms with van der Waals surface area (Å²) >= 11 is 0. The predicted octanol–water partition coefficient (Wildman–Crippen LogP) is 29.3. The number of hydrogen-bond donors (Lipinski definition) is 0. The van der Waals surface area contributed by atoms with Gasteiger partial charge in [-0.1, -0.05) is 281 Å². The summed E-state index contributed by atoms with van der Waals surface area (Å²) in [7, 11) is 0. The fourth-order valence-electron chi connectivity index (χ4n) is 19.4. The summed E-state index contributed by atoms with van der Waals surface area (Å²) in [6.07, 6.45) is 0. The Morgan fingerprint density at radius 2 is 0.770 bits per heavy atom. The molecule has 0 atom stereocenters. The minimum atomic E-state index is -0.391. The first-order valence-electron chi connectivity index (χ1n) is 42.5. The van der Waals surface area contributed by atoms with Crippen LogP contribution in [0.4, 0.5) is 17.1 Å². The van der Waals surface area contributed by atoms with E-state index in [0.717, 1.165) is 211 Å². The van der Waals surface area contributed by atoms with Gasteiger partial charge in [-0.25, -0.2) is 0 Å². The topological polar surface area (TPSA) is 59.3 Å². The summed E-state index contributed by atoms with van der Waals surface area (Å²) in [5.74, 6) is 1.57. The van der Waals surface area contributed by atoms with E-state index in [0.29, 0.717) is 5.56 Å². The van der Waals surface area contributed by atoms with Gasteiger partial charge in [-0.2, -0.15) is 5.26 Å². The van der Waals surface area contributed by atoms with Crippen molar-refractivity contribution in [3.63, 3.8) is 0 Å². The van der Waals surface area contributed by atoms with E-state index in [2.05, 4.69) is 440 Å². The van der Waals surface area contributed by atoms with Gasteiger partial charge in [-0.3, -0.25) is 0 Å². The molecular weight excluding hydrogens is 1480 g/mol. The number of hydrogen-bond acceptors (Lipinski definition) is 4. The molecule has 7 heteroatoms. The first-order chi connectivity index (χ1) is 59.3. The number of furan rings is 1. The fraction of sp³-hybridized carbons (Fsp3) is 0.104. The molecule has 582 valence electrons. The van der Waals surface area contributed by atoms with E-state index in [1.807, 2.05) is 6.07 Å². The number of aromatic nitrogens is 2. The van der Waals surface area contributed by atoms with Crippen LogP contribution in [0.15, 0.2) is 368 Å². The van der Waals surface area contributed by atoms with Crippen LogP contribution in [0.5, 0.6) is 11.5 Å². The van der Waals surface area contributed by atoms with E-state index in [9.17, 15) is 5.26 Å². The normalized spacial score (nSPS) is 12.7. The molecule has 0 saturated heterocycles. The van der Waals surface area contributed by atoms with Gasteiger partial charge in [0.2, 0.25) is 0 Å². The standard InChI is InChI=1S/C115H87BN4O2/c1-113(2,3)84-37-26-38-87(65-84)119-99-43-24-22-39-91(99)109-89(41-27-44-102(109)119)95-67-86(115(7,8)9)68-96(90-42-28-46-107-110(90)92-40-23-25-45-105(92)121-107)112(95)120-103-69-88(118-100-52-47-71(70-117)55-93(100)94-66-85(114(4,5)6)49-53-101(94)118)50-51-97(103)116-98-62-76(81-58-77(72-29-14-10-15-30-72)56-78(59-81)73-31-16-11-17-32-73)48-54-106(98)122-108-64-83(63-104(120)111(108)116)82-60-79(74-33-18-12-19-34-74)57-80(61-82)75-35-20-13-21-36-75/h10-69H,1-9H3. The molecule has 22 rings (SSSR count). The van der Waals surface area contributed by atoms with Gasteiger partial charge in [0.25, 0.3) is 6.71 Å². The van der Waals surface area contributed by atoms with Gasteiger partial charge >= 0.3 is 0 Å². The second kappa shape index (κ2) is 28.2. The van der Waals surface area contributed by atoms with Gasteiger partial charge < -0.3 is 23.2 Å². The summed E-state index contributed by atoms with van der Waals surface area (Å²) in [6, 6.07) is 138. The van der Waals surface area contributed by atoms with Gasteiger partial charge in [-0.15, -0.1) is 0 Å². The average Bonchev–Trinajstić information content (AvgIpc) is 0.814. The van der Waals surface area contributed by atoms with Crippen molar-refractivity contribution in [1.29, 1.82) is 5.26 Å². The predicted molar refractivity (Wildman–Crippen MR) is 513 cm³/mol. The van der Waals surface area contributed by atoms with Crippen LogP contribution in [0.25, 0.3) is 166 Å². The van der Waals surface area contributed by atoms with Crippen molar-refractivity contribution < 1.29 is 9.15 Å². The Morgan fingerprint density at radius 1 is 0.287 bits per heavy atom. The van der Waals surface area contributed by atoms with E-state index in [1.165, 1.54) is 16.7 Å². The summed E-state index contributed by atoms with van der Waals surface area (Å²) in [6.45, 7) is 20.4. The Balaban J connectivity index is 0.910. The molecule has 3 aromatic heterocycles. The van der Waals surface area contributed by atoms with Crippen LogP contribution in [0, 0.1) is 11.3 Å². The molecule has 5 heterocycles. The van der Waals surface area contributed by atoms with Crippen LogP contribution in [-0.2, 0) is 16.2 Å². The first kappa shape index (κ1) is 73.7. The zero-order valence-electron chi connectivity index (χ0n) is 69.8. The molecule has 2 aliphatic heterocycles. The molecule has 0 amide bonds. The Kier molecular flexibility index (Phi) is 17.0. The first-order valence-corrected chi connectivity index (χ1v) is 42.5. The molecule has 17 aromatic carbocycles. The lowest BCUT2D eigenvalue weighted by Crippen LogP contribution is -2.59. The number of nitrogens with zero attached hydrogens (tertiary/aromatic N) is 4. The zero-order valence-corrected chi connectivity index (χ0v) is 69.8. The van der Waals surface area contributed by atoms with Crippen molar-refractivity contribution >= 4 is 106 Å². The van der Waals surface area contributed by atoms with Crippen LogP contribution in [0.1, 0.15) is 84.6 Å². The maximum absolute atomic E-state index is 10.8. The van der Waals surface area contributed by atoms with Gasteiger partial charge in [0.05, 0.1) is 39.4 Å². The summed E-state index contributed by atoms with van der Waals surface area (Å²) in [5, 5.41) is 17.3. The zero-order chi connectivity index (χ0) is 82.6. The number of fused-ring (bicyclic) bond motifs is 13. The third-order valence-corrected chi connectivity index (χ3v) is 25.6. The molecule has 0 bridgehead atoms. The van der Waals surface area contributed by atoms with Crippen LogP contribution in [0.2, 0.25) is 0 Å². The summed E-state index contributed by atoms with van der Waals surface area (Å²) in [4.78, 5) is 2.67. The van der Waals surface area contributed by atoms with Crippen LogP contribution >= 0.6 is 0 Å². The summed E-state index contributed by atoms with van der Waals surface area (Å²) < 4.78 is 19.9. The Morgan fingerprint density at radius 3 is 1.39 bits per heavy atom. The molecule has 0 unspecified atom stereocenters. The maximum atomic E-state index is 10.8. The Bertz CT molecular complexity index is 7620. The molecule has 6 nitrogen and oxygen atoms in total. The molecule has 0 radical (unpaired) electrons. The second-order valence-corrected chi connectivity index (χ2v) is 36.3. The number of rotatable bonds is 11. The van der Waals surface area contributed by atoms with E-state index in [4.69, 9.17) is 9.15 Å². The van der Waals surface area contributed by atoms with Crippen molar-refractivity contribution in [2.75, 3.05) is 4.90 Å².